The van der Waals surface area contributed by atoms with E-state index in [0.29, 0.717) is 11.9 Å². The first-order chi connectivity index (χ1) is 17.7. The van der Waals surface area contributed by atoms with Gasteiger partial charge in [-0.25, -0.2) is 14.6 Å². The number of aromatic nitrogens is 4. The average molecular weight is 484 g/mol. The highest BCUT2D eigenvalue weighted by molar-refractivity contribution is 5.57. The highest BCUT2D eigenvalue weighted by Crippen LogP contribution is 2.39. The second kappa shape index (κ2) is 9.78. The Kier molecular flexibility index (Phi) is 6.19. The summed E-state index contributed by atoms with van der Waals surface area (Å²) < 4.78 is 7.87. The fraction of sp³-hybridized carbons (Fsp3) is 0.393. The molecule has 1 aliphatic heterocycles. The molecule has 1 aliphatic carbocycles. The zero-order valence-electron chi connectivity index (χ0n) is 20.5. The fourth-order valence-electron chi connectivity index (χ4n) is 5.95. The van der Waals surface area contributed by atoms with E-state index >= 15 is 0 Å². The van der Waals surface area contributed by atoms with E-state index in [-0.39, 0.29) is 11.6 Å². The average Bonchev–Trinajstić information content (AvgIpc) is 3.64. The molecule has 2 unspecified atom stereocenters. The van der Waals surface area contributed by atoms with Gasteiger partial charge in [-0.1, -0.05) is 43.2 Å². The Morgan fingerprint density at radius 1 is 0.972 bits per heavy atom. The molecule has 4 aromatic rings. The van der Waals surface area contributed by atoms with Crippen LogP contribution >= 0.6 is 0 Å². The minimum Gasteiger partial charge on any atom is -0.424 e. The Morgan fingerprint density at radius 3 is 2.61 bits per heavy atom. The number of anilines is 2. The molecule has 3 N–H and O–H groups in total. The highest BCUT2D eigenvalue weighted by Gasteiger charge is 2.45. The number of oxazole rings is 1. The van der Waals surface area contributed by atoms with E-state index in [2.05, 4.69) is 49.5 Å². The van der Waals surface area contributed by atoms with Gasteiger partial charge in [0.15, 0.2) is 5.76 Å². The molecule has 0 spiro atoms. The molecule has 3 heterocycles. The Labute approximate surface area is 211 Å². The lowest BCUT2D eigenvalue weighted by Gasteiger charge is -2.50. The molecule has 186 valence electrons. The van der Waals surface area contributed by atoms with Crippen molar-refractivity contribution >= 4 is 11.7 Å². The third-order valence-corrected chi connectivity index (χ3v) is 7.94. The minimum absolute atomic E-state index is 0.133. The first-order valence-corrected chi connectivity index (χ1v) is 13.0. The maximum absolute atomic E-state index is 7.30. The van der Waals surface area contributed by atoms with Crippen molar-refractivity contribution in [2.24, 2.45) is 11.7 Å². The summed E-state index contributed by atoms with van der Waals surface area (Å²) in [5.41, 5.74) is 10.3. The summed E-state index contributed by atoms with van der Waals surface area (Å²) in [6, 6.07) is 19.3. The quantitative estimate of drug-likeness (QED) is 0.403. The molecule has 0 amide bonds. The largest absolute Gasteiger partial charge is 0.424 e. The van der Waals surface area contributed by atoms with E-state index in [1.165, 1.54) is 18.5 Å². The van der Waals surface area contributed by atoms with E-state index in [9.17, 15) is 0 Å². The lowest BCUT2D eigenvalue weighted by Crippen LogP contribution is -2.63. The molecule has 8 nitrogen and oxygen atoms in total. The molecule has 8 heteroatoms. The van der Waals surface area contributed by atoms with Crippen LogP contribution in [0.5, 0.6) is 0 Å². The molecule has 0 radical (unpaired) electrons. The van der Waals surface area contributed by atoms with Crippen LogP contribution in [0.4, 0.5) is 11.7 Å². The smallest absolute Gasteiger partial charge is 0.295 e. The summed E-state index contributed by atoms with van der Waals surface area (Å²) in [6.07, 6.45) is 11.7. The van der Waals surface area contributed by atoms with Gasteiger partial charge in [0, 0.05) is 35.9 Å². The van der Waals surface area contributed by atoms with Crippen molar-refractivity contribution in [2.75, 3.05) is 23.3 Å². The van der Waals surface area contributed by atoms with Crippen LogP contribution in [-0.2, 0) is 0 Å². The van der Waals surface area contributed by atoms with Crippen molar-refractivity contribution in [1.29, 1.82) is 0 Å². The summed E-state index contributed by atoms with van der Waals surface area (Å²) in [7, 11) is 0. The molecule has 6 rings (SSSR count). The van der Waals surface area contributed by atoms with Crippen molar-refractivity contribution in [3.05, 3.63) is 73.4 Å². The second-order valence-corrected chi connectivity index (χ2v) is 10.1. The van der Waals surface area contributed by atoms with Gasteiger partial charge in [0.1, 0.15) is 12.7 Å². The molecule has 2 fully saturated rings. The molecule has 0 bridgehead atoms. The van der Waals surface area contributed by atoms with Crippen molar-refractivity contribution < 1.29 is 4.42 Å². The maximum Gasteiger partial charge on any atom is 0.295 e. The molecule has 36 heavy (non-hydrogen) atoms. The molecule has 2 aliphatic rings. The van der Waals surface area contributed by atoms with Crippen LogP contribution in [0.2, 0.25) is 0 Å². The Balaban J connectivity index is 1.17. The van der Waals surface area contributed by atoms with Crippen LogP contribution in [0.3, 0.4) is 0 Å². The van der Waals surface area contributed by atoms with Crippen LogP contribution in [0.1, 0.15) is 38.5 Å². The summed E-state index contributed by atoms with van der Waals surface area (Å²) in [6.45, 7) is 2.01. The van der Waals surface area contributed by atoms with E-state index in [1.54, 1.807) is 23.5 Å². The second-order valence-electron chi connectivity index (χ2n) is 10.1. The first kappa shape index (κ1) is 22.8. The Morgan fingerprint density at radius 2 is 1.81 bits per heavy atom. The van der Waals surface area contributed by atoms with Crippen molar-refractivity contribution in [1.82, 2.24) is 19.7 Å². The van der Waals surface area contributed by atoms with E-state index in [0.717, 1.165) is 55.8 Å². The number of benzene rings is 2. The zero-order chi connectivity index (χ0) is 24.4. The summed E-state index contributed by atoms with van der Waals surface area (Å²) in [4.78, 5) is 11.1. The Bertz CT molecular complexity index is 1250. The lowest BCUT2D eigenvalue weighted by atomic mass is 9.67. The third-order valence-electron chi connectivity index (χ3n) is 7.94. The van der Waals surface area contributed by atoms with Gasteiger partial charge in [-0.05, 0) is 55.9 Å². The number of nitrogens with zero attached hydrogens (tertiary/aromatic N) is 5. The molecule has 3 atom stereocenters. The number of piperidine rings is 1. The van der Waals surface area contributed by atoms with Crippen LogP contribution in [0, 0.1) is 5.92 Å². The first-order valence-electron chi connectivity index (χ1n) is 13.0. The maximum atomic E-state index is 7.30. The molecular formula is C28H33N7O. The summed E-state index contributed by atoms with van der Waals surface area (Å²) in [5, 5.41) is 7.83. The number of nitrogens with two attached hydrogens (primary N) is 1. The van der Waals surface area contributed by atoms with E-state index < -0.39 is 0 Å². The number of nitrogens with one attached hydrogen (secondary N) is 1. The van der Waals surface area contributed by atoms with E-state index in [4.69, 9.17) is 10.2 Å². The Hall–Kier alpha value is -3.65. The molecule has 2 aromatic carbocycles. The summed E-state index contributed by atoms with van der Waals surface area (Å²) >= 11 is 0. The lowest BCUT2D eigenvalue weighted by molar-refractivity contribution is 0.156. The van der Waals surface area contributed by atoms with Crippen LogP contribution < -0.4 is 16.0 Å². The fourth-order valence-corrected chi connectivity index (χ4v) is 5.95. The predicted molar refractivity (Wildman–Crippen MR) is 141 cm³/mol. The van der Waals surface area contributed by atoms with Crippen molar-refractivity contribution in [3.8, 4) is 17.0 Å². The third kappa shape index (κ3) is 4.48. The summed E-state index contributed by atoms with van der Waals surface area (Å²) in [5.74, 6) is 1.16. The zero-order valence-corrected chi connectivity index (χ0v) is 20.5. The van der Waals surface area contributed by atoms with Crippen molar-refractivity contribution in [3.63, 3.8) is 0 Å². The van der Waals surface area contributed by atoms with Crippen LogP contribution in [0.15, 0.2) is 77.9 Å². The van der Waals surface area contributed by atoms with Gasteiger partial charge in [-0.15, -0.1) is 0 Å². The number of hydrogen-bond donors (Lipinski definition) is 2. The monoisotopic (exact) mass is 483 g/mol. The topological polar surface area (TPSA) is 98.0 Å². The van der Waals surface area contributed by atoms with E-state index in [1.807, 2.05) is 30.3 Å². The molecule has 1 saturated heterocycles. The van der Waals surface area contributed by atoms with Gasteiger partial charge >= 0.3 is 0 Å². The van der Waals surface area contributed by atoms with Crippen LogP contribution in [-0.4, -0.2) is 44.4 Å². The minimum atomic E-state index is -0.307. The van der Waals surface area contributed by atoms with Gasteiger partial charge in [-0.2, -0.15) is 5.10 Å². The number of rotatable bonds is 6. The van der Waals surface area contributed by atoms with Gasteiger partial charge in [-0.3, -0.25) is 0 Å². The number of hydrogen-bond acceptors (Lipinski definition) is 7. The normalized spacial score (nSPS) is 24.5. The molecular weight excluding hydrogens is 450 g/mol. The van der Waals surface area contributed by atoms with Crippen LogP contribution in [0.25, 0.3) is 17.0 Å². The van der Waals surface area contributed by atoms with Crippen molar-refractivity contribution in [2.45, 2.75) is 50.1 Å². The van der Waals surface area contributed by atoms with Gasteiger partial charge < -0.3 is 20.4 Å². The van der Waals surface area contributed by atoms with Gasteiger partial charge in [0.05, 0.1) is 11.9 Å². The predicted octanol–water partition coefficient (Wildman–Crippen LogP) is 4.89. The van der Waals surface area contributed by atoms with Gasteiger partial charge in [0.2, 0.25) is 0 Å². The molecule has 2 aromatic heterocycles. The van der Waals surface area contributed by atoms with Gasteiger partial charge in [0.25, 0.3) is 6.01 Å². The SMILES string of the molecule is NC1([C@H]2CCCN(c3ccc(-n4cncn4)cc3)C2)CCCCC1Nc1ncc(-c2ccccc2)o1. The highest BCUT2D eigenvalue weighted by atomic mass is 16.4. The standard InChI is InChI=1S/C28H33N7O/c29-28(15-5-4-10-26(28)33-27-31-17-25(36-27)21-7-2-1-3-8-21)22-9-6-16-34(18-22)23-11-13-24(14-12-23)35-20-30-19-32-35/h1-3,7-8,11-14,17,19-20,22,26H,4-6,9-10,15-16,18,29H2,(H,31,33)/t22-,26?,28?/m0/s1. The molecule has 1 saturated carbocycles.